The first-order chi connectivity index (χ1) is 18.1. The fraction of sp³-hybridized carbons (Fsp3) is 0.484. The molecule has 0 aromatic heterocycles. The highest BCUT2D eigenvalue weighted by Crippen LogP contribution is 2.33. The molecule has 1 aliphatic heterocycles. The summed E-state index contributed by atoms with van der Waals surface area (Å²) in [6.45, 7) is 13.5. The summed E-state index contributed by atoms with van der Waals surface area (Å²) in [5, 5.41) is 0. The van der Waals surface area contributed by atoms with Crippen LogP contribution in [0.4, 0.5) is 5.69 Å². The van der Waals surface area contributed by atoms with E-state index in [1.807, 2.05) is 31.5 Å². The zero-order valence-electron chi connectivity index (χ0n) is 23.2. The van der Waals surface area contributed by atoms with Crippen LogP contribution in [0.2, 0.25) is 0 Å². The number of hydrogen-bond donors (Lipinski definition) is 0. The smallest absolute Gasteiger partial charge is 0.163 e. The second kappa shape index (κ2) is 15.2. The minimum absolute atomic E-state index is 0.719. The van der Waals surface area contributed by atoms with Crippen molar-refractivity contribution in [2.75, 3.05) is 52.0 Å². The Morgan fingerprint density at radius 2 is 1.84 bits per heavy atom. The third-order valence-corrected chi connectivity index (χ3v) is 6.77. The van der Waals surface area contributed by atoms with E-state index in [0.29, 0.717) is 0 Å². The molecule has 2 aromatic rings. The first kappa shape index (κ1) is 28.5. The van der Waals surface area contributed by atoms with Crippen molar-refractivity contribution in [3.63, 3.8) is 0 Å². The van der Waals surface area contributed by atoms with E-state index in [0.717, 1.165) is 76.0 Å². The van der Waals surface area contributed by atoms with Gasteiger partial charge in [-0.3, -0.25) is 4.90 Å². The van der Waals surface area contributed by atoms with Gasteiger partial charge in [0.15, 0.2) is 11.5 Å². The fourth-order valence-electron chi connectivity index (χ4n) is 4.71. The van der Waals surface area contributed by atoms with Gasteiger partial charge in [0.2, 0.25) is 0 Å². The van der Waals surface area contributed by atoms with Gasteiger partial charge in [-0.1, -0.05) is 44.6 Å². The summed E-state index contributed by atoms with van der Waals surface area (Å²) < 4.78 is 17.4. The number of methoxy groups -OCH3 is 2. The Morgan fingerprint density at radius 3 is 2.57 bits per heavy atom. The maximum Gasteiger partial charge on any atom is 0.163 e. The minimum Gasteiger partial charge on any atom is -0.496 e. The summed E-state index contributed by atoms with van der Waals surface area (Å²) in [7, 11) is 3.47. The van der Waals surface area contributed by atoms with E-state index in [1.165, 1.54) is 29.7 Å². The fourth-order valence-corrected chi connectivity index (χ4v) is 4.71. The Bertz CT molecular complexity index is 1010. The topological polar surface area (TPSA) is 37.4 Å². The van der Waals surface area contributed by atoms with Crippen molar-refractivity contribution in [1.82, 2.24) is 9.80 Å². The number of unbranched alkanes of at least 4 members (excludes halogenated alkanes) is 2. The van der Waals surface area contributed by atoms with Gasteiger partial charge in [-0.15, -0.1) is 0 Å². The molecular formula is C31H45N3O3. The molecule has 1 saturated heterocycles. The van der Waals surface area contributed by atoms with Gasteiger partial charge in [-0.05, 0) is 62.3 Å². The van der Waals surface area contributed by atoms with E-state index >= 15 is 0 Å². The quantitative estimate of drug-likeness (QED) is 0.257. The van der Waals surface area contributed by atoms with E-state index in [2.05, 4.69) is 58.5 Å². The van der Waals surface area contributed by atoms with Crippen LogP contribution in [0.3, 0.4) is 0 Å². The van der Waals surface area contributed by atoms with Crippen LogP contribution in [-0.2, 0) is 13.0 Å². The Labute approximate surface area is 224 Å². The van der Waals surface area contributed by atoms with Crippen LogP contribution in [0.1, 0.15) is 50.7 Å². The number of anilines is 1. The van der Waals surface area contributed by atoms with E-state index in [1.54, 1.807) is 14.2 Å². The van der Waals surface area contributed by atoms with Crippen molar-refractivity contribution in [2.24, 2.45) is 0 Å². The largest absolute Gasteiger partial charge is 0.496 e. The molecule has 3 rings (SSSR count). The maximum atomic E-state index is 6.09. The van der Waals surface area contributed by atoms with Crippen LogP contribution < -0.4 is 19.1 Å². The lowest BCUT2D eigenvalue weighted by atomic mass is 10.1. The van der Waals surface area contributed by atoms with Crippen molar-refractivity contribution in [3.05, 3.63) is 72.6 Å². The molecule has 0 spiro atoms. The molecule has 0 atom stereocenters. The summed E-state index contributed by atoms with van der Waals surface area (Å²) in [4.78, 5) is 7.01. The average molecular weight is 508 g/mol. The third kappa shape index (κ3) is 8.46. The summed E-state index contributed by atoms with van der Waals surface area (Å²) in [6.07, 6.45) is 11.4. The van der Waals surface area contributed by atoms with Gasteiger partial charge >= 0.3 is 0 Å². The van der Waals surface area contributed by atoms with Crippen molar-refractivity contribution in [2.45, 2.75) is 52.5 Å². The van der Waals surface area contributed by atoms with Gasteiger partial charge in [0.05, 0.1) is 27.5 Å². The van der Waals surface area contributed by atoms with Gasteiger partial charge in [0.25, 0.3) is 0 Å². The number of allylic oxidation sites excluding steroid dienone is 1. The van der Waals surface area contributed by atoms with Crippen molar-refractivity contribution >= 4 is 5.69 Å². The van der Waals surface area contributed by atoms with Crippen LogP contribution >= 0.6 is 0 Å². The summed E-state index contributed by atoms with van der Waals surface area (Å²) >= 11 is 0. The van der Waals surface area contributed by atoms with E-state index < -0.39 is 0 Å². The second-order valence-corrected chi connectivity index (χ2v) is 9.50. The molecule has 1 aliphatic rings. The predicted molar refractivity (Wildman–Crippen MR) is 154 cm³/mol. The van der Waals surface area contributed by atoms with E-state index in [9.17, 15) is 0 Å². The Hall–Kier alpha value is -3.12. The molecule has 1 fully saturated rings. The third-order valence-electron chi connectivity index (χ3n) is 6.77. The molecule has 0 amide bonds. The molecule has 0 aliphatic carbocycles. The van der Waals surface area contributed by atoms with Gasteiger partial charge in [0.1, 0.15) is 5.75 Å². The molecule has 0 saturated carbocycles. The predicted octanol–water partition coefficient (Wildman–Crippen LogP) is 6.46. The molecule has 202 valence electrons. The SMILES string of the molecule is C=CN(/C=C\C)CCc1ccc(CN2CCCN(c3ccc(OC)c(OCCCCC)c3)C2)c(OC)c1. The number of ether oxygens (including phenoxy) is 3. The molecule has 37 heavy (non-hydrogen) atoms. The highest BCUT2D eigenvalue weighted by molar-refractivity contribution is 5.56. The highest BCUT2D eigenvalue weighted by Gasteiger charge is 2.20. The Balaban J connectivity index is 1.65. The summed E-state index contributed by atoms with van der Waals surface area (Å²) in [5.41, 5.74) is 3.66. The zero-order chi connectivity index (χ0) is 26.5. The van der Waals surface area contributed by atoms with Gasteiger partial charge in [0, 0.05) is 43.5 Å². The van der Waals surface area contributed by atoms with Gasteiger partial charge < -0.3 is 24.0 Å². The van der Waals surface area contributed by atoms with Crippen molar-refractivity contribution < 1.29 is 14.2 Å². The molecule has 0 radical (unpaired) electrons. The first-order valence-corrected chi connectivity index (χ1v) is 13.6. The Morgan fingerprint density at radius 1 is 1.00 bits per heavy atom. The van der Waals surface area contributed by atoms with Gasteiger partial charge in [-0.25, -0.2) is 0 Å². The van der Waals surface area contributed by atoms with Crippen LogP contribution in [0.25, 0.3) is 0 Å². The lowest BCUT2D eigenvalue weighted by Crippen LogP contribution is -2.44. The standard InChI is InChI=1S/C31H45N3O3/c1-6-9-10-21-37-31-23-28(14-15-29(31)35-4)34-19-11-18-33(25-34)24-27-13-12-26(22-30(27)36-5)16-20-32(8-3)17-7-2/h7-8,12-15,17,22-23H,3,6,9-11,16,18-21,24-25H2,1-2,4-5H3/b17-7-. The Kier molecular flexibility index (Phi) is 11.7. The molecule has 0 bridgehead atoms. The number of benzene rings is 2. The second-order valence-electron chi connectivity index (χ2n) is 9.50. The summed E-state index contributed by atoms with van der Waals surface area (Å²) in [6, 6.07) is 12.9. The molecule has 1 heterocycles. The zero-order valence-corrected chi connectivity index (χ0v) is 23.2. The molecular weight excluding hydrogens is 462 g/mol. The van der Waals surface area contributed by atoms with E-state index in [4.69, 9.17) is 14.2 Å². The van der Waals surface area contributed by atoms with Crippen LogP contribution in [-0.4, -0.2) is 56.9 Å². The van der Waals surface area contributed by atoms with Crippen LogP contribution in [0.15, 0.2) is 61.5 Å². The monoisotopic (exact) mass is 507 g/mol. The average Bonchev–Trinajstić information content (AvgIpc) is 2.94. The number of rotatable bonds is 15. The first-order valence-electron chi connectivity index (χ1n) is 13.6. The lowest BCUT2D eigenvalue weighted by molar-refractivity contribution is 0.229. The molecule has 6 nitrogen and oxygen atoms in total. The van der Waals surface area contributed by atoms with Crippen LogP contribution in [0, 0.1) is 0 Å². The van der Waals surface area contributed by atoms with Crippen molar-refractivity contribution in [3.8, 4) is 17.2 Å². The molecule has 0 N–H and O–H groups in total. The molecule has 0 unspecified atom stereocenters. The highest BCUT2D eigenvalue weighted by atomic mass is 16.5. The molecule has 2 aromatic carbocycles. The lowest BCUT2D eigenvalue weighted by Gasteiger charge is -2.37. The van der Waals surface area contributed by atoms with E-state index in [-0.39, 0.29) is 0 Å². The molecule has 6 heteroatoms. The van der Waals surface area contributed by atoms with Crippen LogP contribution in [0.5, 0.6) is 17.2 Å². The number of nitrogens with zero attached hydrogens (tertiary/aromatic N) is 3. The minimum atomic E-state index is 0.719. The van der Waals surface area contributed by atoms with Gasteiger partial charge in [-0.2, -0.15) is 0 Å². The normalized spacial score (nSPS) is 14.1. The summed E-state index contributed by atoms with van der Waals surface area (Å²) in [5.74, 6) is 2.58. The number of hydrogen-bond acceptors (Lipinski definition) is 6. The van der Waals surface area contributed by atoms with Crippen molar-refractivity contribution in [1.29, 1.82) is 0 Å². The maximum absolute atomic E-state index is 6.09.